The number of hydrogen-bond acceptors (Lipinski definition) is 3. The maximum atomic E-state index is 9.88. The Bertz CT molecular complexity index is 424. The van der Waals surface area contributed by atoms with Crippen molar-refractivity contribution in [2.75, 3.05) is 13.1 Å². The smallest absolute Gasteiger partial charge is 0.0995 e. The van der Waals surface area contributed by atoms with Crippen LogP contribution in [-0.4, -0.2) is 28.7 Å². The summed E-state index contributed by atoms with van der Waals surface area (Å²) in [6.07, 6.45) is 1.61. The van der Waals surface area contributed by atoms with Gasteiger partial charge in [-0.25, -0.2) is 0 Å². The van der Waals surface area contributed by atoms with Gasteiger partial charge in [-0.3, -0.25) is 4.90 Å². The van der Waals surface area contributed by atoms with E-state index in [1.807, 2.05) is 31.2 Å². The van der Waals surface area contributed by atoms with Crippen molar-refractivity contribution in [1.82, 2.24) is 4.90 Å². The molecule has 1 heterocycles. The Morgan fingerprint density at radius 1 is 1.35 bits per heavy atom. The molecule has 0 spiro atoms. The monoisotopic (exact) mass is 230 g/mol. The molecule has 0 aliphatic carbocycles. The molecule has 1 aromatic rings. The first-order valence-electron chi connectivity index (χ1n) is 6.03. The second-order valence-electron chi connectivity index (χ2n) is 5.04. The number of benzene rings is 1. The van der Waals surface area contributed by atoms with E-state index < -0.39 is 5.60 Å². The lowest BCUT2D eigenvalue weighted by Crippen LogP contribution is -2.42. The average Bonchev–Trinajstić information content (AvgIpc) is 2.32. The fourth-order valence-electron chi connectivity index (χ4n) is 2.20. The molecule has 1 saturated heterocycles. The molecular formula is C14H18N2O. The summed E-state index contributed by atoms with van der Waals surface area (Å²) < 4.78 is 0. The lowest BCUT2D eigenvalue weighted by atomic mass is 9.93. The Balaban J connectivity index is 2.01. The van der Waals surface area contributed by atoms with Crippen LogP contribution in [0.15, 0.2) is 24.3 Å². The maximum absolute atomic E-state index is 9.88. The number of aliphatic hydroxyl groups is 1. The Morgan fingerprint density at radius 3 is 2.65 bits per heavy atom. The van der Waals surface area contributed by atoms with Crippen LogP contribution in [0.5, 0.6) is 0 Å². The van der Waals surface area contributed by atoms with E-state index in [0.29, 0.717) is 0 Å². The van der Waals surface area contributed by atoms with Crippen molar-refractivity contribution in [2.45, 2.75) is 31.9 Å². The first kappa shape index (κ1) is 12.1. The summed E-state index contributed by atoms with van der Waals surface area (Å²) in [5, 5.41) is 18.9. The third-order valence-electron chi connectivity index (χ3n) is 3.46. The average molecular weight is 230 g/mol. The molecule has 0 unspecified atom stereocenters. The molecule has 0 atom stereocenters. The van der Waals surface area contributed by atoms with Crippen LogP contribution in [0.25, 0.3) is 0 Å². The Labute approximate surface area is 102 Å². The van der Waals surface area contributed by atoms with Crippen molar-refractivity contribution in [3.05, 3.63) is 35.4 Å². The van der Waals surface area contributed by atoms with Crippen molar-refractivity contribution < 1.29 is 5.11 Å². The number of rotatable bonds is 2. The zero-order valence-corrected chi connectivity index (χ0v) is 10.2. The predicted molar refractivity (Wildman–Crippen MR) is 66.3 cm³/mol. The van der Waals surface area contributed by atoms with Gasteiger partial charge in [0, 0.05) is 19.6 Å². The highest BCUT2D eigenvalue weighted by atomic mass is 16.3. The van der Waals surface area contributed by atoms with E-state index in [2.05, 4.69) is 11.0 Å². The van der Waals surface area contributed by atoms with Crippen molar-refractivity contribution in [3.8, 4) is 6.07 Å². The van der Waals surface area contributed by atoms with E-state index in [4.69, 9.17) is 5.26 Å². The lowest BCUT2D eigenvalue weighted by Gasteiger charge is -2.35. The quantitative estimate of drug-likeness (QED) is 0.844. The van der Waals surface area contributed by atoms with Gasteiger partial charge in [-0.1, -0.05) is 18.2 Å². The molecule has 3 nitrogen and oxygen atoms in total. The zero-order chi connectivity index (χ0) is 12.3. The minimum Gasteiger partial charge on any atom is -0.390 e. The SMILES string of the molecule is CC1(O)CCN(Cc2ccccc2C#N)CC1. The predicted octanol–water partition coefficient (Wildman–Crippen LogP) is 1.91. The largest absolute Gasteiger partial charge is 0.390 e. The summed E-state index contributed by atoms with van der Waals surface area (Å²) in [5.41, 5.74) is 1.33. The van der Waals surface area contributed by atoms with Crippen molar-refractivity contribution in [3.63, 3.8) is 0 Å². The molecule has 0 radical (unpaired) electrons. The third kappa shape index (κ3) is 3.06. The topological polar surface area (TPSA) is 47.3 Å². The molecule has 1 N–H and O–H groups in total. The van der Waals surface area contributed by atoms with E-state index in [0.717, 1.165) is 43.6 Å². The molecule has 0 aromatic heterocycles. The van der Waals surface area contributed by atoms with Gasteiger partial charge in [0.1, 0.15) is 0 Å². The van der Waals surface area contributed by atoms with Crippen LogP contribution in [-0.2, 0) is 6.54 Å². The second-order valence-corrected chi connectivity index (χ2v) is 5.04. The van der Waals surface area contributed by atoms with E-state index in [9.17, 15) is 5.11 Å². The molecule has 0 amide bonds. The normalized spacial score (nSPS) is 19.8. The summed E-state index contributed by atoms with van der Waals surface area (Å²) in [6.45, 7) is 4.49. The molecule has 1 aliphatic rings. The molecular weight excluding hydrogens is 212 g/mol. The molecule has 1 fully saturated rings. The lowest BCUT2D eigenvalue weighted by molar-refractivity contribution is -0.00731. The van der Waals surface area contributed by atoms with Gasteiger partial charge in [-0.2, -0.15) is 5.26 Å². The van der Waals surface area contributed by atoms with Crippen molar-refractivity contribution in [2.24, 2.45) is 0 Å². The highest BCUT2D eigenvalue weighted by Gasteiger charge is 2.27. The fourth-order valence-corrected chi connectivity index (χ4v) is 2.20. The van der Waals surface area contributed by atoms with Gasteiger partial charge in [0.2, 0.25) is 0 Å². The second kappa shape index (κ2) is 4.87. The minimum atomic E-state index is -0.509. The highest BCUT2D eigenvalue weighted by molar-refractivity contribution is 5.37. The summed E-state index contributed by atoms with van der Waals surface area (Å²) in [5.74, 6) is 0. The van der Waals surface area contributed by atoms with Crippen molar-refractivity contribution in [1.29, 1.82) is 5.26 Å². The van der Waals surface area contributed by atoms with Gasteiger partial charge < -0.3 is 5.11 Å². The summed E-state index contributed by atoms with van der Waals surface area (Å²) in [4.78, 5) is 2.30. The zero-order valence-electron chi connectivity index (χ0n) is 10.2. The van der Waals surface area contributed by atoms with Gasteiger partial charge in [-0.15, -0.1) is 0 Å². The molecule has 2 rings (SSSR count). The standard InChI is InChI=1S/C14H18N2O/c1-14(17)6-8-16(9-7-14)11-13-5-3-2-4-12(13)10-15/h2-5,17H,6-9,11H2,1H3. The number of piperidine rings is 1. The van der Waals surface area contributed by atoms with Crippen LogP contribution >= 0.6 is 0 Å². The fraction of sp³-hybridized carbons (Fsp3) is 0.500. The number of nitrogens with zero attached hydrogens (tertiary/aromatic N) is 2. The highest BCUT2D eigenvalue weighted by Crippen LogP contribution is 2.22. The summed E-state index contributed by atoms with van der Waals surface area (Å²) in [7, 11) is 0. The van der Waals surface area contributed by atoms with E-state index >= 15 is 0 Å². The van der Waals surface area contributed by atoms with E-state index in [-0.39, 0.29) is 0 Å². The third-order valence-corrected chi connectivity index (χ3v) is 3.46. The Morgan fingerprint density at radius 2 is 2.00 bits per heavy atom. The minimum absolute atomic E-state index is 0.509. The summed E-state index contributed by atoms with van der Waals surface area (Å²) in [6, 6.07) is 9.95. The molecule has 3 heteroatoms. The Kier molecular flexibility index (Phi) is 3.46. The molecule has 0 bridgehead atoms. The van der Waals surface area contributed by atoms with Crippen LogP contribution in [0.1, 0.15) is 30.9 Å². The number of hydrogen-bond donors (Lipinski definition) is 1. The van der Waals surface area contributed by atoms with Gasteiger partial charge >= 0.3 is 0 Å². The first-order chi connectivity index (χ1) is 8.11. The van der Waals surface area contributed by atoms with Gasteiger partial charge in [0.15, 0.2) is 0 Å². The first-order valence-corrected chi connectivity index (χ1v) is 6.03. The van der Waals surface area contributed by atoms with Crippen LogP contribution < -0.4 is 0 Å². The van der Waals surface area contributed by atoms with Crippen LogP contribution in [0, 0.1) is 11.3 Å². The Hall–Kier alpha value is -1.37. The van der Waals surface area contributed by atoms with E-state index in [1.54, 1.807) is 0 Å². The van der Waals surface area contributed by atoms with Gasteiger partial charge in [0.25, 0.3) is 0 Å². The summed E-state index contributed by atoms with van der Waals surface area (Å²) >= 11 is 0. The number of nitriles is 1. The van der Waals surface area contributed by atoms with Crippen molar-refractivity contribution >= 4 is 0 Å². The molecule has 1 aliphatic heterocycles. The van der Waals surface area contributed by atoms with Crippen LogP contribution in [0.4, 0.5) is 0 Å². The van der Waals surface area contributed by atoms with Crippen LogP contribution in [0.2, 0.25) is 0 Å². The maximum Gasteiger partial charge on any atom is 0.0995 e. The molecule has 17 heavy (non-hydrogen) atoms. The number of likely N-dealkylation sites (tertiary alicyclic amines) is 1. The van der Waals surface area contributed by atoms with Gasteiger partial charge in [-0.05, 0) is 31.4 Å². The molecule has 0 saturated carbocycles. The van der Waals surface area contributed by atoms with Gasteiger partial charge in [0.05, 0.1) is 17.2 Å². The van der Waals surface area contributed by atoms with E-state index in [1.165, 1.54) is 0 Å². The molecule has 1 aromatic carbocycles. The molecule has 90 valence electrons. The van der Waals surface area contributed by atoms with Crippen LogP contribution in [0.3, 0.4) is 0 Å².